The Hall–Kier alpha value is -2.12. The van der Waals surface area contributed by atoms with Crippen molar-refractivity contribution in [3.8, 4) is 0 Å². The smallest absolute Gasteiger partial charge is 0.218 e. The van der Waals surface area contributed by atoms with Crippen LogP contribution in [0.15, 0.2) is 34.3 Å². The predicted octanol–water partition coefficient (Wildman–Crippen LogP) is 2.02. The van der Waals surface area contributed by atoms with Crippen LogP contribution in [0.2, 0.25) is 0 Å². The maximum atomic E-state index is 6.14. The molecule has 1 aliphatic rings. The molecule has 1 saturated heterocycles. The van der Waals surface area contributed by atoms with Crippen LogP contribution >= 0.6 is 0 Å². The lowest BCUT2D eigenvalue weighted by atomic mass is 10.1. The summed E-state index contributed by atoms with van der Waals surface area (Å²) in [4.78, 5) is 15.4. The number of aliphatic imine (C=N–C) groups is 2. The Morgan fingerprint density at radius 1 is 1.06 bits per heavy atom. The Balaban J connectivity index is 1.75. The minimum absolute atomic E-state index is 0.267. The van der Waals surface area contributed by atoms with Gasteiger partial charge in [0.25, 0.3) is 0 Å². The van der Waals surface area contributed by atoms with Crippen LogP contribution in [-0.4, -0.2) is 87.0 Å². The number of likely N-dealkylation sites (tertiary alicyclic amines) is 1. The van der Waals surface area contributed by atoms with Crippen molar-refractivity contribution in [3.05, 3.63) is 35.4 Å². The highest BCUT2D eigenvalue weighted by Gasteiger charge is 2.12. The van der Waals surface area contributed by atoms with Crippen molar-refractivity contribution in [2.75, 3.05) is 60.4 Å². The number of hydrogen-bond acceptors (Lipinski definition) is 3. The van der Waals surface area contributed by atoms with Gasteiger partial charge in [0, 0.05) is 26.7 Å². The molecule has 2 rings (SSSR count). The molecule has 0 radical (unpaired) electrons. The molecule has 1 aromatic carbocycles. The van der Waals surface area contributed by atoms with Crippen LogP contribution in [0.25, 0.3) is 0 Å². The van der Waals surface area contributed by atoms with Crippen molar-refractivity contribution in [2.45, 2.75) is 39.0 Å². The average Bonchev–Trinajstić information content (AvgIpc) is 3.27. The summed E-state index contributed by atoms with van der Waals surface area (Å²) in [5, 5.41) is 0. The minimum atomic E-state index is 0.267. The maximum Gasteiger partial charge on any atom is 0.218 e. The number of benzene rings is 1. The van der Waals surface area contributed by atoms with Gasteiger partial charge in [0.05, 0.1) is 0 Å². The van der Waals surface area contributed by atoms with Gasteiger partial charge in [-0.2, -0.15) is 4.99 Å². The van der Waals surface area contributed by atoms with Crippen LogP contribution in [0.5, 0.6) is 0 Å². The summed E-state index contributed by atoms with van der Waals surface area (Å²) in [6.45, 7) is 8.39. The van der Waals surface area contributed by atoms with Crippen molar-refractivity contribution in [2.24, 2.45) is 27.4 Å². The van der Waals surface area contributed by atoms with Crippen molar-refractivity contribution in [1.29, 1.82) is 0 Å². The minimum Gasteiger partial charge on any atom is -0.369 e. The maximum absolute atomic E-state index is 6.14. The van der Waals surface area contributed by atoms with Gasteiger partial charge < -0.3 is 26.2 Å². The van der Waals surface area contributed by atoms with Gasteiger partial charge in [-0.05, 0) is 82.9 Å². The van der Waals surface area contributed by atoms with Gasteiger partial charge in [0.2, 0.25) is 5.96 Å². The molecular formula is C24H43N7. The summed E-state index contributed by atoms with van der Waals surface area (Å²) in [6.07, 6.45) is 5.78. The van der Waals surface area contributed by atoms with Gasteiger partial charge in [-0.15, -0.1) is 0 Å². The number of hydrogen-bond donors (Lipinski definition) is 2. The van der Waals surface area contributed by atoms with E-state index in [1.165, 1.54) is 37.1 Å². The van der Waals surface area contributed by atoms with E-state index in [-0.39, 0.29) is 5.96 Å². The zero-order valence-corrected chi connectivity index (χ0v) is 20.1. The second kappa shape index (κ2) is 13.3. The molecule has 174 valence electrons. The molecule has 0 aliphatic carbocycles. The van der Waals surface area contributed by atoms with Gasteiger partial charge in [0.15, 0.2) is 5.96 Å². The van der Waals surface area contributed by atoms with Crippen LogP contribution in [0, 0.1) is 5.92 Å². The van der Waals surface area contributed by atoms with E-state index in [0.717, 1.165) is 38.9 Å². The zero-order chi connectivity index (χ0) is 22.6. The molecule has 0 spiro atoms. The summed E-state index contributed by atoms with van der Waals surface area (Å²) in [5.41, 5.74) is 14.8. The first-order valence-electron chi connectivity index (χ1n) is 11.6. The van der Waals surface area contributed by atoms with E-state index in [0.29, 0.717) is 18.4 Å². The summed E-state index contributed by atoms with van der Waals surface area (Å²) >= 11 is 0. The number of rotatable bonds is 11. The highest BCUT2D eigenvalue weighted by atomic mass is 15.3. The highest BCUT2D eigenvalue weighted by molar-refractivity contribution is 5.93. The number of likely N-dealkylation sites (N-methyl/N-ethyl adjacent to an activating group) is 2. The highest BCUT2D eigenvalue weighted by Crippen LogP contribution is 2.11. The molecule has 0 bridgehead atoms. The van der Waals surface area contributed by atoms with Crippen molar-refractivity contribution in [1.82, 2.24) is 14.7 Å². The SMILES string of the molecule is CC(CCN1CCCC1)CN=C(N)N=C(N)N(C)CCc1cccc(CCN(C)C)c1. The van der Waals surface area contributed by atoms with Gasteiger partial charge in [-0.25, -0.2) is 0 Å². The fourth-order valence-corrected chi connectivity index (χ4v) is 3.69. The first-order chi connectivity index (χ1) is 14.8. The topological polar surface area (TPSA) is 86.5 Å². The van der Waals surface area contributed by atoms with E-state index in [4.69, 9.17) is 11.5 Å². The molecule has 1 unspecified atom stereocenters. The number of nitrogens with zero attached hydrogens (tertiary/aromatic N) is 5. The molecule has 0 saturated carbocycles. The van der Waals surface area contributed by atoms with Crippen molar-refractivity contribution < 1.29 is 0 Å². The molecule has 0 aromatic heterocycles. The Morgan fingerprint density at radius 3 is 2.35 bits per heavy atom. The number of guanidine groups is 2. The van der Waals surface area contributed by atoms with Crippen LogP contribution < -0.4 is 11.5 Å². The van der Waals surface area contributed by atoms with E-state index in [2.05, 4.69) is 65.1 Å². The van der Waals surface area contributed by atoms with E-state index in [1.54, 1.807) is 0 Å². The third-order valence-corrected chi connectivity index (χ3v) is 5.90. The van der Waals surface area contributed by atoms with Crippen LogP contribution in [-0.2, 0) is 12.8 Å². The second-order valence-electron chi connectivity index (χ2n) is 9.16. The molecule has 1 aliphatic heterocycles. The van der Waals surface area contributed by atoms with Crippen LogP contribution in [0.3, 0.4) is 0 Å². The lowest BCUT2D eigenvalue weighted by molar-refractivity contribution is 0.310. The van der Waals surface area contributed by atoms with E-state index in [1.807, 2.05) is 11.9 Å². The Labute approximate surface area is 189 Å². The van der Waals surface area contributed by atoms with Crippen LogP contribution in [0.4, 0.5) is 0 Å². The standard InChI is InChI=1S/C24H43N7/c1-20(10-17-31-13-5-6-14-31)19-27-23(25)28-24(26)30(4)16-12-22-9-7-8-21(18-22)11-15-29(2)3/h7-9,18,20H,5-6,10-17,19H2,1-4H3,(H4,25,26,27,28). The van der Waals surface area contributed by atoms with Gasteiger partial charge in [-0.1, -0.05) is 31.2 Å². The summed E-state index contributed by atoms with van der Waals surface area (Å²) in [7, 11) is 6.15. The van der Waals surface area contributed by atoms with Crippen molar-refractivity contribution >= 4 is 11.9 Å². The Kier molecular flexibility index (Phi) is 10.8. The second-order valence-corrected chi connectivity index (χ2v) is 9.16. The third kappa shape index (κ3) is 10.2. The molecule has 4 N–H and O–H groups in total. The molecule has 0 amide bonds. The molecular weight excluding hydrogens is 386 g/mol. The van der Waals surface area contributed by atoms with Crippen molar-refractivity contribution in [3.63, 3.8) is 0 Å². The zero-order valence-electron chi connectivity index (χ0n) is 20.1. The molecule has 31 heavy (non-hydrogen) atoms. The average molecular weight is 430 g/mol. The van der Waals surface area contributed by atoms with E-state index >= 15 is 0 Å². The normalized spacial score (nSPS) is 16.8. The largest absolute Gasteiger partial charge is 0.369 e. The third-order valence-electron chi connectivity index (χ3n) is 5.90. The summed E-state index contributed by atoms with van der Waals surface area (Å²) in [5.74, 6) is 1.17. The predicted molar refractivity (Wildman–Crippen MR) is 133 cm³/mol. The molecule has 1 atom stereocenters. The molecule has 7 nitrogen and oxygen atoms in total. The first kappa shape index (κ1) is 25.1. The van der Waals surface area contributed by atoms with Gasteiger partial charge in [-0.3, -0.25) is 4.99 Å². The van der Waals surface area contributed by atoms with Gasteiger partial charge >= 0.3 is 0 Å². The van der Waals surface area contributed by atoms with E-state index < -0.39 is 0 Å². The summed E-state index contributed by atoms with van der Waals surface area (Å²) in [6, 6.07) is 8.77. The lowest BCUT2D eigenvalue weighted by Gasteiger charge is -2.18. The fraction of sp³-hybridized carbons (Fsp3) is 0.667. The van der Waals surface area contributed by atoms with E-state index in [9.17, 15) is 0 Å². The Bertz CT molecular complexity index is 708. The Morgan fingerprint density at radius 2 is 1.71 bits per heavy atom. The van der Waals surface area contributed by atoms with Gasteiger partial charge in [0.1, 0.15) is 0 Å². The first-order valence-corrected chi connectivity index (χ1v) is 11.6. The summed E-state index contributed by atoms with van der Waals surface area (Å²) < 4.78 is 0. The molecule has 1 fully saturated rings. The quantitative estimate of drug-likeness (QED) is 0.415. The molecule has 1 aromatic rings. The lowest BCUT2D eigenvalue weighted by Crippen LogP contribution is -2.37. The monoisotopic (exact) mass is 429 g/mol. The number of nitrogens with two attached hydrogens (primary N) is 2. The molecule has 1 heterocycles. The molecule has 7 heteroatoms. The van der Waals surface area contributed by atoms with Crippen LogP contribution in [0.1, 0.15) is 37.3 Å². The fourth-order valence-electron chi connectivity index (χ4n) is 3.69.